The van der Waals surface area contributed by atoms with Crippen molar-refractivity contribution in [3.8, 4) is 6.07 Å². The van der Waals surface area contributed by atoms with E-state index in [0.29, 0.717) is 6.42 Å². The Hall–Kier alpha value is -1.56. The van der Waals surface area contributed by atoms with Crippen LogP contribution in [0.4, 0.5) is 10.1 Å². The molecule has 0 amide bonds. The molecule has 0 radical (unpaired) electrons. The molecule has 0 aliphatic rings. The molecule has 1 aromatic rings. The van der Waals surface area contributed by atoms with Crippen molar-refractivity contribution in [2.75, 3.05) is 19.0 Å². The predicted molar refractivity (Wildman–Crippen MR) is 50.0 cm³/mol. The quantitative estimate of drug-likeness (QED) is 0.692. The number of hydrogen-bond acceptors (Lipinski definition) is 2. The number of hydrogen-bond donors (Lipinski definition) is 0. The molecule has 0 saturated carbocycles. The fourth-order valence-electron chi connectivity index (χ4n) is 1.19. The van der Waals surface area contributed by atoms with Gasteiger partial charge in [-0.25, -0.2) is 4.39 Å². The second kappa shape index (κ2) is 3.90. The third-order valence-corrected chi connectivity index (χ3v) is 1.80. The Morgan fingerprint density at radius 3 is 2.69 bits per heavy atom. The molecule has 0 saturated heterocycles. The lowest BCUT2D eigenvalue weighted by molar-refractivity contribution is 0.627. The van der Waals surface area contributed by atoms with Crippen LogP contribution in [0.1, 0.15) is 5.56 Å². The molecule has 13 heavy (non-hydrogen) atoms. The lowest BCUT2D eigenvalue weighted by Crippen LogP contribution is -2.11. The summed E-state index contributed by atoms with van der Waals surface area (Å²) in [5, 5.41) is 8.53. The van der Waals surface area contributed by atoms with E-state index in [0.717, 1.165) is 11.3 Å². The third-order valence-electron chi connectivity index (χ3n) is 1.80. The Balaban J connectivity index is 3.12. The molecule has 3 heteroatoms. The highest BCUT2D eigenvalue weighted by atomic mass is 19.1. The van der Waals surface area contributed by atoms with Gasteiger partial charge in [0.25, 0.3) is 0 Å². The first-order chi connectivity index (χ1) is 6.15. The van der Waals surface area contributed by atoms with Crippen LogP contribution < -0.4 is 4.90 Å². The zero-order chi connectivity index (χ0) is 9.84. The average molecular weight is 178 g/mol. The van der Waals surface area contributed by atoms with Crippen LogP contribution in [-0.2, 0) is 6.42 Å². The van der Waals surface area contributed by atoms with E-state index in [1.807, 2.05) is 20.2 Å². The highest BCUT2D eigenvalue weighted by molar-refractivity contribution is 5.53. The Bertz CT molecular complexity index is 339. The number of anilines is 1. The van der Waals surface area contributed by atoms with Crippen molar-refractivity contribution >= 4 is 5.69 Å². The minimum absolute atomic E-state index is 0.273. The van der Waals surface area contributed by atoms with Crippen LogP contribution in [-0.4, -0.2) is 14.1 Å². The van der Waals surface area contributed by atoms with Gasteiger partial charge in [-0.1, -0.05) is 6.07 Å². The number of nitriles is 1. The SMILES string of the molecule is CN(C)c1cc(F)ccc1CC#N. The molecule has 0 heterocycles. The van der Waals surface area contributed by atoms with E-state index in [4.69, 9.17) is 5.26 Å². The van der Waals surface area contributed by atoms with Crippen molar-refractivity contribution in [2.45, 2.75) is 6.42 Å². The van der Waals surface area contributed by atoms with Crippen molar-refractivity contribution in [3.05, 3.63) is 29.6 Å². The molecular formula is C10H11FN2. The molecule has 2 nitrogen and oxygen atoms in total. The lowest BCUT2D eigenvalue weighted by atomic mass is 10.1. The van der Waals surface area contributed by atoms with Crippen LogP contribution in [0.15, 0.2) is 18.2 Å². The van der Waals surface area contributed by atoms with Gasteiger partial charge >= 0.3 is 0 Å². The van der Waals surface area contributed by atoms with Crippen molar-refractivity contribution in [3.63, 3.8) is 0 Å². The molecule has 0 atom stereocenters. The van der Waals surface area contributed by atoms with E-state index in [-0.39, 0.29) is 5.82 Å². The van der Waals surface area contributed by atoms with E-state index in [2.05, 4.69) is 0 Å². The van der Waals surface area contributed by atoms with Crippen molar-refractivity contribution < 1.29 is 4.39 Å². The van der Waals surface area contributed by atoms with Crippen molar-refractivity contribution in [1.82, 2.24) is 0 Å². The average Bonchev–Trinajstić information content (AvgIpc) is 2.08. The largest absolute Gasteiger partial charge is 0.377 e. The summed E-state index contributed by atoms with van der Waals surface area (Å²) in [6.45, 7) is 0. The van der Waals surface area contributed by atoms with E-state index in [1.54, 1.807) is 11.0 Å². The van der Waals surface area contributed by atoms with Crippen LogP contribution in [0.2, 0.25) is 0 Å². The van der Waals surface area contributed by atoms with Crippen LogP contribution in [0.3, 0.4) is 0 Å². The van der Waals surface area contributed by atoms with Crippen molar-refractivity contribution in [1.29, 1.82) is 5.26 Å². The summed E-state index contributed by atoms with van der Waals surface area (Å²) in [7, 11) is 3.66. The first-order valence-electron chi connectivity index (χ1n) is 3.98. The molecule has 0 aromatic heterocycles. The van der Waals surface area contributed by atoms with E-state index < -0.39 is 0 Å². The van der Waals surface area contributed by atoms with Crippen LogP contribution in [0.25, 0.3) is 0 Å². The first kappa shape index (κ1) is 9.53. The highest BCUT2D eigenvalue weighted by Crippen LogP contribution is 2.19. The second-order valence-electron chi connectivity index (χ2n) is 3.00. The Kier molecular flexibility index (Phi) is 2.86. The van der Waals surface area contributed by atoms with Gasteiger partial charge in [-0.05, 0) is 17.7 Å². The molecular weight excluding hydrogens is 167 g/mol. The lowest BCUT2D eigenvalue weighted by Gasteiger charge is -2.15. The molecule has 0 N–H and O–H groups in total. The van der Waals surface area contributed by atoms with E-state index in [1.165, 1.54) is 12.1 Å². The topological polar surface area (TPSA) is 27.0 Å². The molecule has 0 bridgehead atoms. The van der Waals surface area contributed by atoms with Gasteiger partial charge < -0.3 is 4.90 Å². The van der Waals surface area contributed by atoms with Crippen LogP contribution >= 0.6 is 0 Å². The molecule has 1 rings (SSSR count). The summed E-state index contributed by atoms with van der Waals surface area (Å²) in [5.74, 6) is -0.273. The number of nitrogens with zero attached hydrogens (tertiary/aromatic N) is 2. The normalized spacial score (nSPS) is 9.38. The Labute approximate surface area is 77.2 Å². The van der Waals surface area contributed by atoms with Gasteiger partial charge in [0, 0.05) is 19.8 Å². The fourth-order valence-corrected chi connectivity index (χ4v) is 1.19. The zero-order valence-corrected chi connectivity index (χ0v) is 7.71. The minimum atomic E-state index is -0.273. The molecule has 1 aromatic carbocycles. The highest BCUT2D eigenvalue weighted by Gasteiger charge is 2.04. The van der Waals surface area contributed by atoms with Gasteiger partial charge in [-0.15, -0.1) is 0 Å². The Morgan fingerprint density at radius 1 is 1.46 bits per heavy atom. The van der Waals surface area contributed by atoms with E-state index in [9.17, 15) is 4.39 Å². The third kappa shape index (κ3) is 2.19. The van der Waals surface area contributed by atoms with Crippen LogP contribution in [0.5, 0.6) is 0 Å². The summed E-state index contributed by atoms with van der Waals surface area (Å²) in [6.07, 6.45) is 0.313. The van der Waals surface area contributed by atoms with Gasteiger partial charge in [0.15, 0.2) is 0 Å². The van der Waals surface area contributed by atoms with Gasteiger partial charge in [0.2, 0.25) is 0 Å². The van der Waals surface area contributed by atoms with Gasteiger partial charge in [0.05, 0.1) is 12.5 Å². The summed E-state index contributed by atoms with van der Waals surface area (Å²) in [6, 6.07) is 6.51. The van der Waals surface area contributed by atoms with Crippen molar-refractivity contribution in [2.24, 2.45) is 0 Å². The number of halogens is 1. The Morgan fingerprint density at radius 2 is 2.15 bits per heavy atom. The molecule has 0 aliphatic carbocycles. The van der Waals surface area contributed by atoms with Gasteiger partial charge in [-0.2, -0.15) is 5.26 Å². The predicted octanol–water partition coefficient (Wildman–Crippen LogP) is 1.96. The summed E-state index contributed by atoms with van der Waals surface area (Å²) in [4.78, 5) is 1.80. The maximum atomic E-state index is 12.8. The smallest absolute Gasteiger partial charge is 0.125 e. The number of rotatable bonds is 2. The summed E-state index contributed by atoms with van der Waals surface area (Å²) in [5.41, 5.74) is 1.62. The zero-order valence-electron chi connectivity index (χ0n) is 7.71. The fraction of sp³-hybridized carbons (Fsp3) is 0.300. The number of benzene rings is 1. The molecule has 0 spiro atoms. The maximum absolute atomic E-state index is 12.8. The maximum Gasteiger partial charge on any atom is 0.125 e. The molecule has 0 fully saturated rings. The first-order valence-corrected chi connectivity index (χ1v) is 3.98. The van der Waals surface area contributed by atoms with E-state index >= 15 is 0 Å². The molecule has 68 valence electrons. The van der Waals surface area contributed by atoms with Crippen LogP contribution in [0, 0.1) is 17.1 Å². The monoisotopic (exact) mass is 178 g/mol. The summed E-state index contributed by atoms with van der Waals surface area (Å²) < 4.78 is 12.8. The molecule has 0 unspecified atom stereocenters. The summed E-state index contributed by atoms with van der Waals surface area (Å²) >= 11 is 0. The second-order valence-corrected chi connectivity index (χ2v) is 3.00. The standard InChI is InChI=1S/C10H11FN2/c1-13(2)10-7-9(11)4-3-8(10)5-6-12/h3-4,7H,5H2,1-2H3. The van der Waals surface area contributed by atoms with Gasteiger partial charge in [0.1, 0.15) is 5.82 Å². The minimum Gasteiger partial charge on any atom is -0.377 e. The van der Waals surface area contributed by atoms with Gasteiger partial charge in [-0.3, -0.25) is 0 Å². The molecule has 0 aliphatic heterocycles.